The van der Waals surface area contributed by atoms with Crippen molar-refractivity contribution in [2.45, 2.75) is 46.1 Å². The Labute approximate surface area is 145 Å². The number of nitrogens with zero attached hydrogens (tertiary/aromatic N) is 3. The second-order valence-electron chi connectivity index (χ2n) is 7.13. The van der Waals surface area contributed by atoms with E-state index in [0.29, 0.717) is 11.8 Å². The number of carbonyl (C=O) groups excluding carboxylic acids is 1. The van der Waals surface area contributed by atoms with E-state index in [2.05, 4.69) is 21.7 Å². The first kappa shape index (κ1) is 17.2. The van der Waals surface area contributed by atoms with Gasteiger partial charge < -0.3 is 9.64 Å². The third-order valence-corrected chi connectivity index (χ3v) is 5.51. The highest BCUT2D eigenvalue weighted by Gasteiger charge is 2.29. The molecular formula is C19H29N3O2. The second-order valence-corrected chi connectivity index (χ2v) is 7.13. The molecule has 1 aromatic heterocycles. The Kier molecular flexibility index (Phi) is 5.39. The zero-order valence-corrected chi connectivity index (χ0v) is 15.2. The van der Waals surface area contributed by atoms with Crippen LogP contribution in [0.25, 0.3) is 0 Å². The smallest absolute Gasteiger partial charge is 0.225 e. The number of aryl methyl sites for hydroxylation is 1. The second kappa shape index (κ2) is 7.51. The van der Waals surface area contributed by atoms with Crippen molar-refractivity contribution in [3.8, 4) is 5.75 Å². The SMILES string of the molecule is COc1c(C)cnc(CN2CCN(C(=O)C3CCCC3)CC2)c1C. The maximum absolute atomic E-state index is 12.5. The molecule has 0 bridgehead atoms. The summed E-state index contributed by atoms with van der Waals surface area (Å²) < 4.78 is 5.50. The van der Waals surface area contributed by atoms with Gasteiger partial charge in [-0.25, -0.2) is 0 Å². The van der Waals surface area contributed by atoms with Gasteiger partial charge in [-0.3, -0.25) is 14.7 Å². The van der Waals surface area contributed by atoms with Crippen LogP contribution in [0.4, 0.5) is 0 Å². The zero-order chi connectivity index (χ0) is 17.1. The maximum atomic E-state index is 12.5. The normalized spacial score (nSPS) is 19.7. The fourth-order valence-electron chi connectivity index (χ4n) is 4.00. The fourth-order valence-corrected chi connectivity index (χ4v) is 4.00. The summed E-state index contributed by atoms with van der Waals surface area (Å²) in [5.74, 6) is 1.62. The van der Waals surface area contributed by atoms with Crippen molar-refractivity contribution in [2.75, 3.05) is 33.3 Å². The van der Waals surface area contributed by atoms with Crippen molar-refractivity contribution in [2.24, 2.45) is 5.92 Å². The Morgan fingerprint density at radius 3 is 2.50 bits per heavy atom. The van der Waals surface area contributed by atoms with E-state index >= 15 is 0 Å². The molecule has 24 heavy (non-hydrogen) atoms. The summed E-state index contributed by atoms with van der Waals surface area (Å²) >= 11 is 0. The molecule has 3 rings (SSSR count). The van der Waals surface area contributed by atoms with Gasteiger partial charge in [-0.1, -0.05) is 12.8 Å². The van der Waals surface area contributed by atoms with Crippen molar-refractivity contribution in [1.82, 2.24) is 14.8 Å². The van der Waals surface area contributed by atoms with Gasteiger partial charge in [-0.05, 0) is 26.7 Å². The molecule has 132 valence electrons. The number of hydrogen-bond donors (Lipinski definition) is 0. The summed E-state index contributed by atoms with van der Waals surface area (Å²) in [5, 5.41) is 0. The summed E-state index contributed by atoms with van der Waals surface area (Å²) in [6.07, 6.45) is 6.50. The maximum Gasteiger partial charge on any atom is 0.225 e. The van der Waals surface area contributed by atoms with Crippen LogP contribution >= 0.6 is 0 Å². The van der Waals surface area contributed by atoms with Gasteiger partial charge >= 0.3 is 0 Å². The van der Waals surface area contributed by atoms with Crippen LogP contribution in [0.3, 0.4) is 0 Å². The molecule has 0 unspecified atom stereocenters. The number of piperazine rings is 1. The van der Waals surface area contributed by atoms with Crippen molar-refractivity contribution in [1.29, 1.82) is 0 Å². The molecule has 1 saturated heterocycles. The average Bonchev–Trinajstić information content (AvgIpc) is 3.12. The molecule has 1 aliphatic carbocycles. The van der Waals surface area contributed by atoms with Crippen LogP contribution < -0.4 is 4.74 Å². The van der Waals surface area contributed by atoms with Crippen LogP contribution in [0.1, 0.15) is 42.5 Å². The Hall–Kier alpha value is -1.62. The Balaban J connectivity index is 1.57. The summed E-state index contributed by atoms with van der Waals surface area (Å²) in [6.45, 7) is 8.47. The van der Waals surface area contributed by atoms with E-state index in [1.807, 2.05) is 13.1 Å². The van der Waals surface area contributed by atoms with E-state index in [9.17, 15) is 4.79 Å². The van der Waals surface area contributed by atoms with E-state index < -0.39 is 0 Å². The standard InChI is InChI=1S/C19H29N3O2/c1-14-12-20-17(15(2)18(14)24-3)13-21-8-10-22(11-9-21)19(23)16-6-4-5-7-16/h12,16H,4-11,13H2,1-3H3. The van der Waals surface area contributed by atoms with Gasteiger partial charge in [0, 0.05) is 56.0 Å². The van der Waals surface area contributed by atoms with Gasteiger partial charge in [0.15, 0.2) is 0 Å². The fraction of sp³-hybridized carbons (Fsp3) is 0.684. The average molecular weight is 331 g/mol. The van der Waals surface area contributed by atoms with Crippen LogP contribution in [0.2, 0.25) is 0 Å². The van der Waals surface area contributed by atoms with Gasteiger partial charge in [0.1, 0.15) is 5.75 Å². The number of rotatable bonds is 4. The van der Waals surface area contributed by atoms with E-state index in [1.165, 1.54) is 12.8 Å². The number of pyridine rings is 1. The monoisotopic (exact) mass is 331 g/mol. The third kappa shape index (κ3) is 3.56. The van der Waals surface area contributed by atoms with Crippen LogP contribution in [0, 0.1) is 19.8 Å². The highest BCUT2D eigenvalue weighted by Crippen LogP contribution is 2.28. The van der Waals surface area contributed by atoms with E-state index in [0.717, 1.165) is 68.1 Å². The van der Waals surface area contributed by atoms with Crippen molar-refractivity contribution in [3.63, 3.8) is 0 Å². The number of carbonyl (C=O) groups is 1. The number of hydrogen-bond acceptors (Lipinski definition) is 4. The van der Waals surface area contributed by atoms with Gasteiger partial charge in [0.2, 0.25) is 5.91 Å². The molecule has 2 fully saturated rings. The first-order valence-electron chi connectivity index (χ1n) is 9.10. The Bertz CT molecular complexity index is 589. The Morgan fingerprint density at radius 1 is 1.21 bits per heavy atom. The van der Waals surface area contributed by atoms with Gasteiger partial charge in [0.05, 0.1) is 12.8 Å². The number of aromatic nitrogens is 1. The lowest BCUT2D eigenvalue weighted by Gasteiger charge is -2.36. The number of methoxy groups -OCH3 is 1. The lowest BCUT2D eigenvalue weighted by Crippen LogP contribution is -2.49. The molecule has 0 radical (unpaired) electrons. The lowest BCUT2D eigenvalue weighted by atomic mass is 10.1. The Morgan fingerprint density at radius 2 is 1.88 bits per heavy atom. The number of amides is 1. The predicted molar refractivity (Wildman–Crippen MR) is 94.1 cm³/mol. The van der Waals surface area contributed by atoms with E-state index in [1.54, 1.807) is 7.11 Å². The first-order valence-corrected chi connectivity index (χ1v) is 9.10. The van der Waals surface area contributed by atoms with E-state index in [4.69, 9.17) is 4.74 Å². The van der Waals surface area contributed by atoms with Crippen LogP contribution in [-0.2, 0) is 11.3 Å². The number of ether oxygens (including phenoxy) is 1. The molecule has 1 saturated carbocycles. The minimum Gasteiger partial charge on any atom is -0.496 e. The van der Waals surface area contributed by atoms with Crippen LogP contribution in [0.5, 0.6) is 5.75 Å². The molecule has 0 N–H and O–H groups in total. The minimum absolute atomic E-state index is 0.293. The molecule has 1 amide bonds. The molecule has 5 heteroatoms. The van der Waals surface area contributed by atoms with E-state index in [-0.39, 0.29) is 0 Å². The predicted octanol–water partition coefficient (Wildman–Crippen LogP) is 2.54. The molecule has 0 spiro atoms. The summed E-state index contributed by atoms with van der Waals surface area (Å²) in [7, 11) is 1.71. The summed E-state index contributed by atoms with van der Waals surface area (Å²) in [6, 6.07) is 0. The van der Waals surface area contributed by atoms with Gasteiger partial charge in [0.25, 0.3) is 0 Å². The van der Waals surface area contributed by atoms with Crippen LogP contribution in [-0.4, -0.2) is 54.0 Å². The van der Waals surface area contributed by atoms with Crippen molar-refractivity contribution in [3.05, 3.63) is 23.0 Å². The van der Waals surface area contributed by atoms with Crippen LogP contribution in [0.15, 0.2) is 6.20 Å². The molecule has 1 aliphatic heterocycles. The minimum atomic E-state index is 0.293. The third-order valence-electron chi connectivity index (χ3n) is 5.51. The molecule has 2 aliphatic rings. The molecule has 0 atom stereocenters. The molecule has 2 heterocycles. The largest absolute Gasteiger partial charge is 0.496 e. The van der Waals surface area contributed by atoms with Crippen molar-refractivity contribution >= 4 is 5.91 Å². The van der Waals surface area contributed by atoms with Gasteiger partial charge in [-0.15, -0.1) is 0 Å². The molecule has 1 aromatic rings. The lowest BCUT2D eigenvalue weighted by molar-refractivity contribution is -0.137. The molecule has 0 aromatic carbocycles. The first-order chi connectivity index (χ1) is 11.6. The van der Waals surface area contributed by atoms with Crippen molar-refractivity contribution < 1.29 is 9.53 Å². The summed E-state index contributed by atoms with van der Waals surface area (Å²) in [4.78, 5) is 21.6. The highest BCUT2D eigenvalue weighted by atomic mass is 16.5. The summed E-state index contributed by atoms with van der Waals surface area (Å²) in [5.41, 5.74) is 3.28. The quantitative estimate of drug-likeness (QED) is 0.850. The topological polar surface area (TPSA) is 45.7 Å². The highest BCUT2D eigenvalue weighted by molar-refractivity contribution is 5.79. The molecule has 5 nitrogen and oxygen atoms in total. The zero-order valence-electron chi connectivity index (χ0n) is 15.2. The van der Waals surface area contributed by atoms with Gasteiger partial charge in [-0.2, -0.15) is 0 Å². The molecular weight excluding hydrogens is 302 g/mol.